The minimum absolute atomic E-state index is 0.0769. The Morgan fingerprint density at radius 1 is 1.33 bits per heavy atom. The maximum atomic E-state index is 13.1. The molecule has 1 aliphatic carbocycles. The van der Waals surface area contributed by atoms with Crippen molar-refractivity contribution in [1.82, 2.24) is 4.31 Å². The third-order valence-corrected chi connectivity index (χ3v) is 5.40. The van der Waals surface area contributed by atoms with Crippen LogP contribution in [0.5, 0.6) is 0 Å². The van der Waals surface area contributed by atoms with E-state index in [1.54, 1.807) is 11.2 Å². The molecule has 1 aromatic carbocycles. The Bertz CT molecular complexity index is 548. The zero-order chi connectivity index (χ0) is 13.5. The van der Waals surface area contributed by atoms with Gasteiger partial charge in [-0.15, -0.1) is 0 Å². The van der Waals surface area contributed by atoms with Crippen LogP contribution in [0, 0.1) is 12.7 Å². The number of nitrogens with zero attached hydrogens (tertiary/aromatic N) is 1. The molecule has 100 valence electrons. The fourth-order valence-corrected chi connectivity index (χ4v) is 4.33. The molecule has 0 bridgehead atoms. The van der Waals surface area contributed by atoms with Crippen LogP contribution in [0.3, 0.4) is 0 Å². The molecular weight excluding hydrogens is 253 g/mol. The number of benzene rings is 1. The highest BCUT2D eigenvalue weighted by atomic mass is 32.2. The molecule has 0 atom stereocenters. The molecule has 0 aromatic heterocycles. The second-order valence-electron chi connectivity index (χ2n) is 5.07. The summed E-state index contributed by atoms with van der Waals surface area (Å²) < 4.78 is 39.8. The molecule has 2 rings (SSSR count). The molecule has 0 spiro atoms. The number of hydrogen-bond donors (Lipinski definition) is 0. The molecule has 0 aliphatic heterocycles. The van der Waals surface area contributed by atoms with E-state index in [-0.39, 0.29) is 17.0 Å². The lowest BCUT2D eigenvalue weighted by Gasteiger charge is -2.26. The largest absolute Gasteiger partial charge is 0.243 e. The topological polar surface area (TPSA) is 37.4 Å². The Labute approximate surface area is 108 Å². The minimum Gasteiger partial charge on any atom is -0.207 e. The van der Waals surface area contributed by atoms with Crippen LogP contribution in [0.4, 0.5) is 4.39 Å². The summed E-state index contributed by atoms with van der Waals surface area (Å²) in [6.45, 7) is 5.37. The Hall–Kier alpha value is -0.940. The van der Waals surface area contributed by atoms with Gasteiger partial charge in [0.2, 0.25) is 10.0 Å². The van der Waals surface area contributed by atoms with Crippen molar-refractivity contribution in [3.63, 3.8) is 0 Å². The highest BCUT2D eigenvalue weighted by Gasteiger charge is 2.40. The molecule has 3 nitrogen and oxygen atoms in total. The summed E-state index contributed by atoms with van der Waals surface area (Å²) in [5.74, 6) is -0.408. The highest BCUT2D eigenvalue weighted by Crippen LogP contribution is 2.34. The number of rotatable bonds is 4. The molecule has 1 fully saturated rings. The lowest BCUT2D eigenvalue weighted by Crippen LogP contribution is -2.39. The van der Waals surface area contributed by atoms with Crippen molar-refractivity contribution in [3.05, 3.63) is 29.6 Å². The molecule has 0 heterocycles. The standard InChI is InChI=1S/C13H18FNO2S/c1-9(2)15(12-5-6-12)18(16,17)13-7-4-11(14)8-10(13)3/h4,7-9,12H,5-6H2,1-3H3. The summed E-state index contributed by atoms with van der Waals surface area (Å²) in [4.78, 5) is 0.212. The SMILES string of the molecule is Cc1cc(F)ccc1S(=O)(=O)N(C(C)C)C1CC1. The van der Waals surface area contributed by atoms with E-state index in [0.717, 1.165) is 12.8 Å². The van der Waals surface area contributed by atoms with Crippen LogP contribution < -0.4 is 0 Å². The summed E-state index contributed by atoms with van der Waals surface area (Å²) in [5, 5.41) is 0. The molecule has 0 N–H and O–H groups in total. The zero-order valence-electron chi connectivity index (χ0n) is 10.9. The molecule has 1 aliphatic rings. The maximum absolute atomic E-state index is 13.1. The van der Waals surface area contributed by atoms with Gasteiger partial charge >= 0.3 is 0 Å². The number of hydrogen-bond acceptors (Lipinski definition) is 2. The van der Waals surface area contributed by atoms with Crippen molar-refractivity contribution >= 4 is 10.0 Å². The van der Waals surface area contributed by atoms with Crippen molar-refractivity contribution in [2.24, 2.45) is 0 Å². The van der Waals surface area contributed by atoms with Crippen LogP contribution in [-0.2, 0) is 10.0 Å². The van der Waals surface area contributed by atoms with Gasteiger partial charge in [-0.3, -0.25) is 0 Å². The molecule has 0 radical (unpaired) electrons. The molecule has 1 saturated carbocycles. The lowest BCUT2D eigenvalue weighted by atomic mass is 10.2. The molecule has 18 heavy (non-hydrogen) atoms. The molecule has 0 unspecified atom stereocenters. The summed E-state index contributed by atoms with van der Waals surface area (Å²) in [6.07, 6.45) is 1.83. The molecule has 1 aromatic rings. The third kappa shape index (κ3) is 2.42. The first-order chi connectivity index (χ1) is 8.34. The van der Waals surface area contributed by atoms with Crippen molar-refractivity contribution in [2.75, 3.05) is 0 Å². The van der Waals surface area contributed by atoms with E-state index in [2.05, 4.69) is 0 Å². The van der Waals surface area contributed by atoms with Crippen LogP contribution in [0.2, 0.25) is 0 Å². The monoisotopic (exact) mass is 271 g/mol. The van der Waals surface area contributed by atoms with Gasteiger partial charge in [0.05, 0.1) is 4.90 Å². The normalized spacial score (nSPS) is 16.6. The van der Waals surface area contributed by atoms with E-state index < -0.39 is 15.8 Å². The maximum Gasteiger partial charge on any atom is 0.243 e. The first-order valence-corrected chi connectivity index (χ1v) is 7.57. The van der Waals surface area contributed by atoms with Crippen LogP contribution >= 0.6 is 0 Å². The van der Waals surface area contributed by atoms with E-state index in [9.17, 15) is 12.8 Å². The Kier molecular flexibility index (Phi) is 3.47. The smallest absolute Gasteiger partial charge is 0.207 e. The summed E-state index contributed by atoms with van der Waals surface area (Å²) in [6, 6.07) is 3.85. The Morgan fingerprint density at radius 3 is 2.39 bits per heavy atom. The van der Waals surface area contributed by atoms with Crippen molar-refractivity contribution in [3.8, 4) is 0 Å². The Balaban J connectivity index is 2.46. The van der Waals surface area contributed by atoms with Crippen molar-refractivity contribution in [2.45, 2.75) is 50.6 Å². The predicted molar refractivity (Wildman–Crippen MR) is 68.3 cm³/mol. The van der Waals surface area contributed by atoms with Gasteiger partial charge in [-0.2, -0.15) is 4.31 Å². The van der Waals surface area contributed by atoms with E-state index in [1.807, 2.05) is 13.8 Å². The summed E-state index contributed by atoms with van der Waals surface area (Å²) >= 11 is 0. The van der Waals surface area contributed by atoms with Gasteiger partial charge in [-0.05, 0) is 57.4 Å². The average molecular weight is 271 g/mol. The highest BCUT2D eigenvalue weighted by molar-refractivity contribution is 7.89. The molecule has 0 amide bonds. The van der Waals surface area contributed by atoms with E-state index >= 15 is 0 Å². The average Bonchev–Trinajstić information content (AvgIpc) is 2.99. The second kappa shape index (κ2) is 4.63. The van der Waals surface area contributed by atoms with Gasteiger partial charge in [0, 0.05) is 12.1 Å². The van der Waals surface area contributed by atoms with Gasteiger partial charge < -0.3 is 0 Å². The van der Waals surface area contributed by atoms with Gasteiger partial charge in [0.15, 0.2) is 0 Å². The summed E-state index contributed by atoms with van der Waals surface area (Å²) in [7, 11) is -3.52. The van der Waals surface area contributed by atoms with Crippen LogP contribution in [0.15, 0.2) is 23.1 Å². The fraction of sp³-hybridized carbons (Fsp3) is 0.538. The van der Waals surface area contributed by atoms with Gasteiger partial charge in [0.1, 0.15) is 5.82 Å². The minimum atomic E-state index is -3.52. The van der Waals surface area contributed by atoms with Crippen LogP contribution in [0.25, 0.3) is 0 Å². The molecular formula is C13H18FNO2S. The summed E-state index contributed by atoms with van der Waals surface area (Å²) in [5.41, 5.74) is 0.460. The Morgan fingerprint density at radius 2 is 1.94 bits per heavy atom. The van der Waals surface area contributed by atoms with Crippen LogP contribution in [-0.4, -0.2) is 24.8 Å². The van der Waals surface area contributed by atoms with Crippen molar-refractivity contribution in [1.29, 1.82) is 0 Å². The third-order valence-electron chi connectivity index (χ3n) is 3.11. The lowest BCUT2D eigenvalue weighted by molar-refractivity contribution is 0.346. The van der Waals surface area contributed by atoms with Gasteiger partial charge in [-0.25, -0.2) is 12.8 Å². The van der Waals surface area contributed by atoms with Crippen LogP contribution in [0.1, 0.15) is 32.3 Å². The van der Waals surface area contributed by atoms with E-state index in [1.165, 1.54) is 18.2 Å². The predicted octanol–water partition coefficient (Wildman–Crippen LogP) is 2.70. The quantitative estimate of drug-likeness (QED) is 0.844. The second-order valence-corrected chi connectivity index (χ2v) is 6.88. The first-order valence-electron chi connectivity index (χ1n) is 6.13. The zero-order valence-corrected chi connectivity index (χ0v) is 11.7. The number of aryl methyl sites for hydroxylation is 1. The van der Waals surface area contributed by atoms with Gasteiger partial charge in [-0.1, -0.05) is 0 Å². The van der Waals surface area contributed by atoms with E-state index in [0.29, 0.717) is 5.56 Å². The number of halogens is 1. The van der Waals surface area contributed by atoms with Crippen molar-refractivity contribution < 1.29 is 12.8 Å². The number of sulfonamides is 1. The van der Waals surface area contributed by atoms with E-state index in [4.69, 9.17) is 0 Å². The molecule has 5 heteroatoms. The first kappa shape index (κ1) is 13.5. The van der Waals surface area contributed by atoms with Gasteiger partial charge in [0.25, 0.3) is 0 Å². The fourth-order valence-electron chi connectivity index (χ4n) is 2.24. The molecule has 0 saturated heterocycles.